The molecule has 1 aliphatic rings. The van der Waals surface area contributed by atoms with Crippen molar-refractivity contribution in [2.24, 2.45) is 0 Å². The minimum Gasteiger partial charge on any atom is -0.493 e. The van der Waals surface area contributed by atoms with Crippen LogP contribution in [-0.4, -0.2) is 38.7 Å². The summed E-state index contributed by atoms with van der Waals surface area (Å²) in [6, 6.07) is 10.7. The fraction of sp³-hybridized carbons (Fsp3) is 0.333. The lowest BCUT2D eigenvalue weighted by Crippen LogP contribution is -2.48. The Bertz CT molecular complexity index is 896. The van der Waals surface area contributed by atoms with Crippen LogP contribution in [0.4, 0.5) is 11.4 Å². The van der Waals surface area contributed by atoms with E-state index in [2.05, 4.69) is 5.32 Å². The third-order valence-corrected chi connectivity index (χ3v) is 4.56. The molecule has 1 aliphatic heterocycles. The Morgan fingerprint density at radius 3 is 2.57 bits per heavy atom. The van der Waals surface area contributed by atoms with Gasteiger partial charge in [-0.1, -0.05) is 13.0 Å². The van der Waals surface area contributed by atoms with Crippen molar-refractivity contribution in [2.75, 3.05) is 31.0 Å². The number of rotatable bonds is 6. The van der Waals surface area contributed by atoms with Gasteiger partial charge in [-0.2, -0.15) is 0 Å². The summed E-state index contributed by atoms with van der Waals surface area (Å²) in [7, 11) is 3.07. The van der Waals surface area contributed by atoms with E-state index in [-0.39, 0.29) is 18.4 Å². The molecule has 0 aliphatic carbocycles. The zero-order valence-corrected chi connectivity index (χ0v) is 16.4. The predicted molar refractivity (Wildman–Crippen MR) is 106 cm³/mol. The van der Waals surface area contributed by atoms with Crippen LogP contribution in [0.3, 0.4) is 0 Å². The number of carbonyl (C=O) groups is 2. The third kappa shape index (κ3) is 3.88. The van der Waals surface area contributed by atoms with Crippen LogP contribution in [0, 0.1) is 6.92 Å². The Hall–Kier alpha value is -3.22. The SMILES string of the molecule is CC[C@H]1Oc2ccc(C)cc2N(CC(=O)Nc2ccc(OC)c(OC)c2)C1=O. The van der Waals surface area contributed by atoms with Crippen molar-refractivity contribution < 1.29 is 23.8 Å². The molecule has 2 amide bonds. The maximum absolute atomic E-state index is 12.8. The van der Waals surface area contributed by atoms with Crippen LogP contribution < -0.4 is 24.4 Å². The fourth-order valence-electron chi connectivity index (χ4n) is 3.11. The number of anilines is 2. The van der Waals surface area contributed by atoms with Crippen LogP contribution in [0.25, 0.3) is 0 Å². The number of hydrogen-bond acceptors (Lipinski definition) is 5. The van der Waals surface area contributed by atoms with Crippen LogP contribution >= 0.6 is 0 Å². The summed E-state index contributed by atoms with van der Waals surface area (Å²) in [5, 5.41) is 2.80. The Morgan fingerprint density at radius 1 is 1.14 bits per heavy atom. The molecule has 0 saturated carbocycles. The minimum atomic E-state index is -0.593. The number of fused-ring (bicyclic) bond motifs is 1. The first-order chi connectivity index (χ1) is 13.5. The van der Waals surface area contributed by atoms with Gasteiger partial charge in [0.05, 0.1) is 19.9 Å². The van der Waals surface area contributed by atoms with E-state index in [0.717, 1.165) is 5.56 Å². The van der Waals surface area contributed by atoms with E-state index in [4.69, 9.17) is 14.2 Å². The number of amides is 2. The molecule has 2 aromatic carbocycles. The van der Waals surface area contributed by atoms with E-state index in [1.807, 2.05) is 32.0 Å². The van der Waals surface area contributed by atoms with E-state index in [0.29, 0.717) is 35.0 Å². The van der Waals surface area contributed by atoms with E-state index in [1.165, 1.54) is 12.0 Å². The monoisotopic (exact) mass is 384 g/mol. The molecule has 2 aromatic rings. The molecule has 1 N–H and O–H groups in total. The van der Waals surface area contributed by atoms with Gasteiger partial charge in [0.1, 0.15) is 12.3 Å². The standard InChI is InChI=1S/C21H24N2O5/c1-5-16-21(25)23(15-10-13(2)6-8-17(15)28-16)12-20(24)22-14-7-9-18(26-3)19(11-14)27-4/h6-11,16H,5,12H2,1-4H3,(H,22,24)/t16-/m1/s1. The highest BCUT2D eigenvalue weighted by Crippen LogP contribution is 2.35. The summed E-state index contributed by atoms with van der Waals surface area (Å²) in [6.07, 6.45) is -0.0657. The maximum atomic E-state index is 12.8. The lowest BCUT2D eigenvalue weighted by molar-refractivity contribution is -0.128. The number of hydrogen-bond donors (Lipinski definition) is 1. The molecule has 28 heavy (non-hydrogen) atoms. The van der Waals surface area contributed by atoms with Crippen LogP contribution in [0.15, 0.2) is 36.4 Å². The van der Waals surface area contributed by atoms with Gasteiger partial charge in [-0.25, -0.2) is 0 Å². The van der Waals surface area contributed by atoms with Gasteiger partial charge in [0.2, 0.25) is 5.91 Å². The zero-order valence-electron chi connectivity index (χ0n) is 16.4. The molecular formula is C21H24N2O5. The number of nitrogens with zero attached hydrogens (tertiary/aromatic N) is 1. The molecule has 0 radical (unpaired) electrons. The highest BCUT2D eigenvalue weighted by Gasteiger charge is 2.34. The van der Waals surface area contributed by atoms with E-state index in [9.17, 15) is 9.59 Å². The minimum absolute atomic E-state index is 0.108. The highest BCUT2D eigenvalue weighted by molar-refractivity contribution is 6.06. The van der Waals surface area contributed by atoms with Gasteiger partial charge in [-0.05, 0) is 43.2 Å². The van der Waals surface area contributed by atoms with Crippen molar-refractivity contribution in [3.05, 3.63) is 42.0 Å². The molecule has 0 unspecified atom stereocenters. The van der Waals surface area contributed by atoms with Crippen LogP contribution in [-0.2, 0) is 9.59 Å². The van der Waals surface area contributed by atoms with Crippen LogP contribution in [0.5, 0.6) is 17.2 Å². The average molecular weight is 384 g/mol. The van der Waals surface area contributed by atoms with Crippen LogP contribution in [0.2, 0.25) is 0 Å². The van der Waals surface area contributed by atoms with Crippen molar-refractivity contribution >= 4 is 23.2 Å². The first-order valence-corrected chi connectivity index (χ1v) is 9.07. The fourth-order valence-corrected chi connectivity index (χ4v) is 3.11. The second-order valence-corrected chi connectivity index (χ2v) is 6.53. The first-order valence-electron chi connectivity index (χ1n) is 9.07. The number of methoxy groups -OCH3 is 2. The van der Waals surface area contributed by atoms with Gasteiger partial charge >= 0.3 is 0 Å². The molecule has 7 nitrogen and oxygen atoms in total. The molecule has 148 valence electrons. The topological polar surface area (TPSA) is 77.1 Å². The molecule has 0 bridgehead atoms. The molecule has 1 atom stereocenters. The van der Waals surface area contributed by atoms with Crippen molar-refractivity contribution in [3.63, 3.8) is 0 Å². The number of carbonyl (C=O) groups excluding carboxylic acids is 2. The largest absolute Gasteiger partial charge is 0.493 e. The zero-order chi connectivity index (χ0) is 20.3. The number of ether oxygens (including phenoxy) is 3. The van der Waals surface area contributed by atoms with E-state index in [1.54, 1.807) is 25.3 Å². The van der Waals surface area contributed by atoms with Crippen molar-refractivity contribution in [3.8, 4) is 17.2 Å². The molecular weight excluding hydrogens is 360 g/mol. The summed E-state index contributed by atoms with van der Waals surface area (Å²) in [4.78, 5) is 26.9. The Kier molecular flexibility index (Phi) is 5.73. The van der Waals surface area contributed by atoms with Crippen LogP contribution in [0.1, 0.15) is 18.9 Å². The van der Waals surface area contributed by atoms with E-state index >= 15 is 0 Å². The second kappa shape index (κ2) is 8.21. The Morgan fingerprint density at radius 2 is 1.89 bits per heavy atom. The van der Waals surface area contributed by atoms with Gasteiger partial charge in [0, 0.05) is 11.8 Å². The van der Waals surface area contributed by atoms with E-state index < -0.39 is 6.10 Å². The van der Waals surface area contributed by atoms with Crippen molar-refractivity contribution in [2.45, 2.75) is 26.4 Å². The Labute approximate surface area is 164 Å². The van der Waals surface area contributed by atoms with Crippen molar-refractivity contribution in [1.29, 1.82) is 0 Å². The van der Waals surface area contributed by atoms with Gasteiger partial charge < -0.3 is 19.5 Å². The summed E-state index contributed by atoms with van der Waals surface area (Å²) < 4.78 is 16.2. The smallest absolute Gasteiger partial charge is 0.268 e. The van der Waals surface area contributed by atoms with Gasteiger partial charge in [0.15, 0.2) is 17.6 Å². The number of nitrogens with one attached hydrogen (secondary N) is 1. The summed E-state index contributed by atoms with van der Waals surface area (Å²) in [6.45, 7) is 3.70. The normalized spacial score (nSPS) is 15.5. The molecule has 0 fully saturated rings. The lowest BCUT2D eigenvalue weighted by Gasteiger charge is -2.33. The van der Waals surface area contributed by atoms with Gasteiger partial charge in [-0.15, -0.1) is 0 Å². The molecule has 1 heterocycles. The Balaban J connectivity index is 1.81. The molecule has 7 heteroatoms. The molecule has 0 aromatic heterocycles. The summed E-state index contributed by atoms with van der Waals surface area (Å²) >= 11 is 0. The molecule has 0 saturated heterocycles. The van der Waals surface area contributed by atoms with Gasteiger partial charge in [-0.3, -0.25) is 14.5 Å². The first kappa shape index (κ1) is 19.5. The predicted octanol–water partition coefficient (Wildman–Crippen LogP) is 3.15. The summed E-state index contributed by atoms with van der Waals surface area (Å²) in [5.41, 5.74) is 2.15. The molecule has 3 rings (SSSR count). The lowest BCUT2D eigenvalue weighted by atomic mass is 10.1. The third-order valence-electron chi connectivity index (χ3n) is 4.56. The maximum Gasteiger partial charge on any atom is 0.268 e. The number of aryl methyl sites for hydroxylation is 1. The summed E-state index contributed by atoms with van der Waals surface area (Å²) in [5.74, 6) is 1.15. The second-order valence-electron chi connectivity index (χ2n) is 6.53. The molecule has 0 spiro atoms. The number of benzene rings is 2. The highest BCUT2D eigenvalue weighted by atomic mass is 16.5. The average Bonchev–Trinajstić information content (AvgIpc) is 2.70. The quantitative estimate of drug-likeness (QED) is 0.828. The van der Waals surface area contributed by atoms with Crippen molar-refractivity contribution in [1.82, 2.24) is 0 Å². The van der Waals surface area contributed by atoms with Gasteiger partial charge in [0.25, 0.3) is 5.91 Å².